The molecule has 4 aromatic carbocycles. The van der Waals surface area contributed by atoms with Crippen LogP contribution < -0.4 is 18.9 Å². The van der Waals surface area contributed by atoms with E-state index in [0.717, 1.165) is 33.4 Å². The Morgan fingerprint density at radius 2 is 1.52 bits per heavy atom. The van der Waals surface area contributed by atoms with Crippen molar-refractivity contribution in [3.05, 3.63) is 121 Å². The molecule has 0 saturated carbocycles. The molecule has 48 heavy (non-hydrogen) atoms. The third-order valence-corrected chi connectivity index (χ3v) is 8.63. The fourth-order valence-electron chi connectivity index (χ4n) is 5.49. The Morgan fingerprint density at radius 3 is 2.23 bits per heavy atom. The summed E-state index contributed by atoms with van der Waals surface area (Å²) in [5, 5.41) is 12.1. The predicted molar refractivity (Wildman–Crippen MR) is 191 cm³/mol. The van der Waals surface area contributed by atoms with Crippen LogP contribution in [0.25, 0.3) is 0 Å². The molecule has 0 amide bonds. The standard InChI is InChI=1S/C39H38Cl3O5.Y/c1-22(2)45-37-14-23(3)13-29-10-8-7-9-27-19-34(31(41)16-24(27)4)46-38-25(5)15-26(18-36(38)44-6)17-30(40)12-11-28-20-35(47-39(29)37)32(42)21-33(28)43;/h7-8,12-16,18-19,21-22,43H,9-11,17H2,1-6H3;/q-1;/b8-7-,30-12+;. The molecule has 1 N–H and O–H groups in total. The second-order valence-electron chi connectivity index (χ2n) is 12.0. The van der Waals surface area contributed by atoms with Crippen molar-refractivity contribution in [1.82, 2.24) is 0 Å². The van der Waals surface area contributed by atoms with Crippen molar-refractivity contribution in [2.75, 3.05) is 7.11 Å². The fourth-order valence-corrected chi connectivity index (χ4v) is 6.17. The van der Waals surface area contributed by atoms with Crippen molar-refractivity contribution in [2.45, 2.75) is 66.4 Å². The molecule has 0 atom stereocenters. The van der Waals surface area contributed by atoms with E-state index in [2.05, 4.69) is 24.3 Å². The summed E-state index contributed by atoms with van der Waals surface area (Å²) < 4.78 is 24.8. The number of phenols is 1. The number of benzene rings is 4. The van der Waals surface area contributed by atoms with Crippen LogP contribution in [0.2, 0.25) is 10.0 Å². The SMILES string of the molecule is COc1cc2cc(C)c1Oc1cc(c(C)cc1Cl)C/C=C\Cc1cc(C)cc(OC(C)C)c1Oc1[c-]c(c(O)cc1Cl)C/C=C(/Cl)C2.[Y]. The van der Waals surface area contributed by atoms with Crippen LogP contribution >= 0.6 is 34.8 Å². The molecule has 6 rings (SSSR count). The van der Waals surface area contributed by atoms with E-state index in [4.69, 9.17) is 53.8 Å². The van der Waals surface area contributed by atoms with E-state index in [1.54, 1.807) is 7.11 Å². The average molecular weight is 782 g/mol. The molecule has 9 heteroatoms. The Bertz CT molecular complexity index is 1870. The van der Waals surface area contributed by atoms with Crippen LogP contribution in [0.4, 0.5) is 0 Å². The zero-order valence-electron chi connectivity index (χ0n) is 28.0. The summed E-state index contributed by atoms with van der Waals surface area (Å²) in [7, 11) is 1.61. The number of rotatable bonds is 3. The van der Waals surface area contributed by atoms with Crippen LogP contribution in [-0.4, -0.2) is 18.3 Å². The van der Waals surface area contributed by atoms with Crippen molar-refractivity contribution in [2.24, 2.45) is 0 Å². The van der Waals surface area contributed by atoms with E-state index < -0.39 is 0 Å². The van der Waals surface area contributed by atoms with Crippen LogP contribution in [0.1, 0.15) is 52.8 Å². The van der Waals surface area contributed by atoms with Gasteiger partial charge in [0.25, 0.3) is 0 Å². The normalized spacial score (nSPS) is 15.0. The Balaban J connectivity index is 0.00000520. The molecule has 4 aromatic rings. The van der Waals surface area contributed by atoms with E-state index in [9.17, 15) is 5.11 Å². The molecule has 0 unspecified atom stereocenters. The number of hydrogen-bond acceptors (Lipinski definition) is 5. The zero-order chi connectivity index (χ0) is 33.8. The maximum absolute atomic E-state index is 10.8. The first-order valence-corrected chi connectivity index (χ1v) is 16.6. The molecule has 0 saturated heterocycles. The minimum atomic E-state index is -0.0828. The molecule has 0 fully saturated rings. The summed E-state index contributed by atoms with van der Waals surface area (Å²) in [6.45, 7) is 9.96. The molecule has 1 radical (unpaired) electrons. The summed E-state index contributed by atoms with van der Waals surface area (Å²) in [4.78, 5) is 0. The quantitative estimate of drug-likeness (QED) is 0.166. The van der Waals surface area contributed by atoms with Gasteiger partial charge in [0.05, 0.1) is 18.2 Å². The van der Waals surface area contributed by atoms with Crippen molar-refractivity contribution < 1.29 is 56.8 Å². The number of fused-ring (bicyclic) bond motifs is 6. The van der Waals surface area contributed by atoms with Crippen molar-refractivity contribution in [3.8, 4) is 40.2 Å². The molecule has 2 aliphatic heterocycles. The molecule has 2 heterocycles. The van der Waals surface area contributed by atoms with Crippen LogP contribution in [0.15, 0.2) is 65.7 Å². The third kappa shape index (κ3) is 9.31. The van der Waals surface area contributed by atoms with Gasteiger partial charge in [0.1, 0.15) is 5.75 Å². The summed E-state index contributed by atoms with van der Waals surface area (Å²) in [5.74, 6) is 3.15. The Kier molecular flexibility index (Phi) is 13.4. The number of methoxy groups -OCH3 is 1. The Hall–Kier alpha value is -2.67. The number of ether oxygens (including phenoxy) is 4. The van der Waals surface area contributed by atoms with Crippen LogP contribution in [-0.2, 0) is 58.4 Å². The second kappa shape index (κ2) is 16.8. The van der Waals surface area contributed by atoms with Gasteiger partial charge < -0.3 is 24.1 Å². The number of allylic oxidation sites excluding steroid dienone is 4. The van der Waals surface area contributed by atoms with Gasteiger partial charge in [-0.25, -0.2) is 0 Å². The van der Waals surface area contributed by atoms with Crippen molar-refractivity contribution >= 4 is 34.8 Å². The molecule has 5 nitrogen and oxygen atoms in total. The molecule has 249 valence electrons. The van der Waals surface area contributed by atoms with Crippen molar-refractivity contribution in [1.29, 1.82) is 0 Å². The van der Waals surface area contributed by atoms with Crippen LogP contribution in [0.3, 0.4) is 0 Å². The first-order chi connectivity index (χ1) is 22.4. The largest absolute Gasteiger partial charge is 0.565 e. The number of hydrogen-bond donors (Lipinski definition) is 1. The summed E-state index contributed by atoms with van der Waals surface area (Å²) in [5.41, 5.74) is 6.41. The number of aromatic hydroxyl groups is 1. The molecular formula is C39H38Cl3O5Y-. The van der Waals surface area contributed by atoms with Gasteiger partial charge in [-0.3, -0.25) is 0 Å². The van der Waals surface area contributed by atoms with Crippen LogP contribution in [0.5, 0.6) is 40.2 Å². The van der Waals surface area contributed by atoms with E-state index in [1.165, 1.54) is 6.07 Å². The fraction of sp³-hybridized carbons (Fsp3) is 0.282. The van der Waals surface area contributed by atoms with Gasteiger partial charge in [0.2, 0.25) is 0 Å². The molecule has 0 aromatic heterocycles. The first-order valence-electron chi connectivity index (χ1n) is 15.5. The predicted octanol–water partition coefficient (Wildman–Crippen LogP) is 11.4. The monoisotopic (exact) mass is 780 g/mol. The summed E-state index contributed by atoms with van der Waals surface area (Å²) >= 11 is 20.0. The zero-order valence-corrected chi connectivity index (χ0v) is 33.1. The Morgan fingerprint density at radius 1 is 0.792 bits per heavy atom. The second-order valence-corrected chi connectivity index (χ2v) is 13.3. The number of phenolic OH excluding ortho intramolecular Hbond substituents is 1. The summed E-state index contributed by atoms with van der Waals surface area (Å²) in [6, 6.07) is 16.5. The van der Waals surface area contributed by atoms with E-state index in [1.807, 2.05) is 71.0 Å². The molecular weight excluding hydrogens is 744 g/mol. The van der Waals surface area contributed by atoms with Gasteiger partial charge in [0.15, 0.2) is 23.0 Å². The van der Waals surface area contributed by atoms with Crippen molar-refractivity contribution in [3.63, 3.8) is 0 Å². The van der Waals surface area contributed by atoms with E-state index in [-0.39, 0.29) is 55.3 Å². The van der Waals surface area contributed by atoms with E-state index >= 15 is 0 Å². The topological polar surface area (TPSA) is 57.2 Å². The first kappa shape index (κ1) is 38.1. The molecule has 0 spiro atoms. The van der Waals surface area contributed by atoms with E-state index in [0.29, 0.717) is 70.0 Å². The average Bonchev–Trinajstić information content (AvgIpc) is 2.99. The van der Waals surface area contributed by atoms with Gasteiger partial charge in [-0.05, 0) is 111 Å². The van der Waals surface area contributed by atoms with Gasteiger partial charge in [-0.2, -0.15) is 11.6 Å². The van der Waals surface area contributed by atoms with Crippen LogP contribution in [0, 0.1) is 26.8 Å². The minimum Gasteiger partial charge on any atom is -0.565 e. The van der Waals surface area contributed by atoms with Gasteiger partial charge in [0, 0.05) is 61.2 Å². The maximum atomic E-state index is 10.8. The van der Waals surface area contributed by atoms with Gasteiger partial charge in [-0.1, -0.05) is 53.6 Å². The number of halogens is 3. The smallest absolute Gasteiger partial charge is 0.172 e. The van der Waals surface area contributed by atoms with Gasteiger partial charge >= 0.3 is 0 Å². The molecule has 6 bridgehead atoms. The Labute approximate surface area is 323 Å². The molecule has 0 aliphatic carbocycles. The summed E-state index contributed by atoms with van der Waals surface area (Å²) in [6.07, 6.45) is 7.97. The minimum absolute atomic E-state index is 0. The third-order valence-electron chi connectivity index (χ3n) is 7.76. The molecule has 2 aliphatic rings. The number of aryl methyl sites for hydroxylation is 3. The maximum Gasteiger partial charge on any atom is 0.172 e. The van der Waals surface area contributed by atoms with Gasteiger partial charge in [-0.15, -0.1) is 17.7 Å².